The van der Waals surface area contributed by atoms with E-state index in [1.165, 1.54) is 38.5 Å². The lowest BCUT2D eigenvalue weighted by atomic mass is 10.1. The first-order valence-electron chi connectivity index (χ1n) is 8.97. The number of hydrogen-bond acceptors (Lipinski definition) is 8. The van der Waals surface area contributed by atoms with Gasteiger partial charge in [-0.15, -0.1) is 0 Å². The molecule has 0 aliphatic heterocycles. The summed E-state index contributed by atoms with van der Waals surface area (Å²) in [6.45, 7) is 0. The van der Waals surface area contributed by atoms with Crippen LogP contribution in [0, 0.1) is 20.2 Å². The van der Waals surface area contributed by atoms with E-state index < -0.39 is 9.85 Å². The first-order chi connectivity index (χ1) is 14.9. The zero-order valence-corrected chi connectivity index (χ0v) is 16.6. The molecule has 0 unspecified atom stereocenters. The van der Waals surface area contributed by atoms with E-state index in [9.17, 15) is 20.2 Å². The Morgan fingerprint density at radius 1 is 0.839 bits per heavy atom. The third kappa shape index (κ3) is 5.12. The van der Waals surface area contributed by atoms with Gasteiger partial charge in [0.25, 0.3) is 11.4 Å². The Morgan fingerprint density at radius 2 is 1.35 bits per heavy atom. The topological polar surface area (TPSA) is 129 Å². The van der Waals surface area contributed by atoms with Crippen LogP contribution in [0.1, 0.15) is 5.56 Å². The van der Waals surface area contributed by atoms with Gasteiger partial charge in [-0.2, -0.15) is 0 Å². The molecule has 0 saturated carbocycles. The van der Waals surface area contributed by atoms with Crippen LogP contribution in [0.4, 0.5) is 28.4 Å². The summed E-state index contributed by atoms with van der Waals surface area (Å²) in [7, 11) is 3.02. The lowest BCUT2D eigenvalue weighted by Crippen LogP contribution is -1.99. The highest BCUT2D eigenvalue weighted by Gasteiger charge is 2.12. The summed E-state index contributed by atoms with van der Waals surface area (Å²) in [5, 5.41) is 24.8. The van der Waals surface area contributed by atoms with E-state index in [0.717, 1.165) is 0 Å². The molecule has 158 valence electrons. The SMILES string of the molecule is COc1cc(C=Nc2ccc([N+](=O)[O-])cc2)c(Nc2ccc([N+](=O)[O-])cc2)cc1OC. The van der Waals surface area contributed by atoms with Crippen molar-refractivity contribution < 1.29 is 19.3 Å². The molecule has 0 atom stereocenters. The number of ether oxygens (including phenoxy) is 2. The largest absolute Gasteiger partial charge is 0.493 e. The predicted molar refractivity (Wildman–Crippen MR) is 116 cm³/mol. The van der Waals surface area contributed by atoms with Gasteiger partial charge in [0.1, 0.15) is 0 Å². The minimum absolute atomic E-state index is 0.0159. The summed E-state index contributed by atoms with van der Waals surface area (Å²) < 4.78 is 10.7. The molecule has 0 aliphatic rings. The molecule has 0 bridgehead atoms. The Bertz CT molecular complexity index is 1130. The van der Waals surface area contributed by atoms with Crippen LogP contribution in [0.3, 0.4) is 0 Å². The molecule has 10 heteroatoms. The standard InChI is InChI=1S/C21H18N4O6/c1-30-20-11-14(13-22-15-3-7-17(8-4-15)24(26)27)19(12-21(20)31-2)23-16-5-9-18(10-6-16)25(28)29/h3-13,23H,1-2H3. The number of nitro benzene ring substituents is 2. The summed E-state index contributed by atoms with van der Waals surface area (Å²) in [5.74, 6) is 0.973. The number of anilines is 2. The number of nitrogens with one attached hydrogen (secondary N) is 1. The predicted octanol–water partition coefficient (Wildman–Crippen LogP) is 5.01. The maximum Gasteiger partial charge on any atom is 0.269 e. The van der Waals surface area contributed by atoms with Gasteiger partial charge in [0.05, 0.1) is 35.4 Å². The van der Waals surface area contributed by atoms with E-state index >= 15 is 0 Å². The van der Waals surface area contributed by atoms with Crippen LogP contribution in [0.25, 0.3) is 0 Å². The summed E-state index contributed by atoms with van der Waals surface area (Å²) in [5.41, 5.74) is 2.39. The number of aliphatic imine (C=N–C) groups is 1. The van der Waals surface area contributed by atoms with Crippen molar-refractivity contribution in [2.75, 3.05) is 19.5 Å². The number of rotatable bonds is 8. The summed E-state index contributed by atoms with van der Waals surface area (Å²) >= 11 is 0. The molecule has 0 amide bonds. The van der Waals surface area contributed by atoms with Gasteiger partial charge < -0.3 is 14.8 Å². The molecule has 3 rings (SSSR count). The number of nitrogens with zero attached hydrogens (tertiary/aromatic N) is 3. The van der Waals surface area contributed by atoms with Crippen LogP contribution in [0.15, 0.2) is 65.7 Å². The minimum Gasteiger partial charge on any atom is -0.493 e. The normalized spacial score (nSPS) is 10.6. The Labute approximate surface area is 177 Å². The highest BCUT2D eigenvalue weighted by Crippen LogP contribution is 2.34. The van der Waals surface area contributed by atoms with Crippen LogP contribution < -0.4 is 14.8 Å². The van der Waals surface area contributed by atoms with Crippen molar-refractivity contribution in [3.63, 3.8) is 0 Å². The molecule has 0 aliphatic carbocycles. The molecule has 0 spiro atoms. The van der Waals surface area contributed by atoms with E-state index in [4.69, 9.17) is 9.47 Å². The second kappa shape index (κ2) is 9.35. The Hall–Kier alpha value is -4.47. The number of hydrogen-bond donors (Lipinski definition) is 1. The van der Waals surface area contributed by atoms with Crippen molar-refractivity contribution in [2.24, 2.45) is 4.99 Å². The fourth-order valence-corrected chi connectivity index (χ4v) is 2.74. The van der Waals surface area contributed by atoms with Gasteiger partial charge in [-0.3, -0.25) is 25.2 Å². The van der Waals surface area contributed by atoms with E-state index in [-0.39, 0.29) is 11.4 Å². The molecule has 1 N–H and O–H groups in total. The van der Waals surface area contributed by atoms with Crippen molar-refractivity contribution in [1.82, 2.24) is 0 Å². The van der Waals surface area contributed by atoms with E-state index in [0.29, 0.717) is 34.1 Å². The van der Waals surface area contributed by atoms with E-state index in [1.54, 1.807) is 42.6 Å². The first-order valence-corrected chi connectivity index (χ1v) is 8.97. The maximum atomic E-state index is 10.9. The van der Waals surface area contributed by atoms with Gasteiger partial charge in [-0.1, -0.05) is 0 Å². The number of methoxy groups -OCH3 is 2. The van der Waals surface area contributed by atoms with Crippen LogP contribution in [0.2, 0.25) is 0 Å². The van der Waals surface area contributed by atoms with Gasteiger partial charge in [-0.05, 0) is 30.3 Å². The van der Waals surface area contributed by atoms with Gasteiger partial charge in [0.15, 0.2) is 11.5 Å². The molecule has 0 radical (unpaired) electrons. The fraction of sp³-hybridized carbons (Fsp3) is 0.0952. The fourth-order valence-electron chi connectivity index (χ4n) is 2.74. The number of benzene rings is 3. The van der Waals surface area contributed by atoms with Crippen molar-refractivity contribution in [3.05, 3.63) is 86.5 Å². The molecule has 10 nitrogen and oxygen atoms in total. The average Bonchev–Trinajstić information content (AvgIpc) is 2.78. The van der Waals surface area contributed by atoms with Crippen LogP contribution >= 0.6 is 0 Å². The van der Waals surface area contributed by atoms with E-state index in [1.807, 2.05) is 0 Å². The molecule has 0 saturated heterocycles. The first kappa shape index (κ1) is 21.2. The lowest BCUT2D eigenvalue weighted by Gasteiger charge is -2.14. The third-order valence-corrected chi connectivity index (χ3v) is 4.33. The van der Waals surface area contributed by atoms with Crippen molar-refractivity contribution >= 4 is 34.7 Å². The molecule has 0 aromatic heterocycles. The smallest absolute Gasteiger partial charge is 0.269 e. The summed E-state index contributed by atoms with van der Waals surface area (Å²) in [6.07, 6.45) is 1.58. The second-order valence-corrected chi connectivity index (χ2v) is 6.26. The highest BCUT2D eigenvalue weighted by molar-refractivity contribution is 5.92. The van der Waals surface area contributed by atoms with Crippen LogP contribution in [-0.4, -0.2) is 30.3 Å². The Balaban J connectivity index is 1.95. The summed E-state index contributed by atoms with van der Waals surface area (Å²) in [6, 6.07) is 15.2. The Morgan fingerprint density at radius 3 is 1.87 bits per heavy atom. The van der Waals surface area contributed by atoms with Gasteiger partial charge in [-0.25, -0.2) is 0 Å². The van der Waals surface area contributed by atoms with Gasteiger partial charge >= 0.3 is 0 Å². The molecule has 0 fully saturated rings. The van der Waals surface area contributed by atoms with Crippen molar-refractivity contribution in [2.45, 2.75) is 0 Å². The molecule has 3 aromatic carbocycles. The van der Waals surface area contributed by atoms with Gasteiger partial charge in [0.2, 0.25) is 0 Å². The Kier molecular flexibility index (Phi) is 6.41. The van der Waals surface area contributed by atoms with Gasteiger partial charge in [0, 0.05) is 47.8 Å². The number of non-ortho nitro benzene ring substituents is 2. The maximum absolute atomic E-state index is 10.9. The minimum atomic E-state index is -0.478. The van der Waals surface area contributed by atoms with Crippen molar-refractivity contribution in [3.8, 4) is 11.5 Å². The zero-order chi connectivity index (χ0) is 22.4. The average molecular weight is 422 g/mol. The second-order valence-electron chi connectivity index (χ2n) is 6.26. The van der Waals surface area contributed by atoms with Crippen molar-refractivity contribution in [1.29, 1.82) is 0 Å². The third-order valence-electron chi connectivity index (χ3n) is 4.33. The van der Waals surface area contributed by atoms with E-state index in [2.05, 4.69) is 10.3 Å². The number of nitro groups is 2. The summed E-state index contributed by atoms with van der Waals surface area (Å²) in [4.78, 5) is 25.1. The highest BCUT2D eigenvalue weighted by atomic mass is 16.6. The molecule has 3 aromatic rings. The quantitative estimate of drug-likeness (QED) is 0.307. The van der Waals surface area contributed by atoms with Crippen LogP contribution in [0.5, 0.6) is 11.5 Å². The van der Waals surface area contributed by atoms with Crippen LogP contribution in [-0.2, 0) is 0 Å². The molecule has 31 heavy (non-hydrogen) atoms. The molecule has 0 heterocycles. The molecular formula is C21H18N4O6. The molecular weight excluding hydrogens is 404 g/mol. The monoisotopic (exact) mass is 422 g/mol. The zero-order valence-electron chi connectivity index (χ0n) is 16.6. The lowest BCUT2D eigenvalue weighted by molar-refractivity contribution is -0.385.